The van der Waals surface area contributed by atoms with E-state index in [0.717, 1.165) is 42.3 Å². The molecule has 0 spiro atoms. The molecule has 0 aliphatic rings. The van der Waals surface area contributed by atoms with Crippen LogP contribution in [0, 0.1) is 0 Å². The third-order valence-corrected chi connectivity index (χ3v) is 3.09. The molecule has 0 saturated carbocycles. The van der Waals surface area contributed by atoms with Gasteiger partial charge in [-0.15, -0.1) is 0 Å². The molecule has 2 rings (SSSR count). The van der Waals surface area contributed by atoms with E-state index >= 15 is 0 Å². The van der Waals surface area contributed by atoms with Crippen molar-refractivity contribution in [1.82, 2.24) is 25.1 Å². The minimum Gasteiger partial charge on any atom is -0.310 e. The Morgan fingerprint density at radius 2 is 2.00 bits per heavy atom. The van der Waals surface area contributed by atoms with Gasteiger partial charge in [-0.05, 0) is 11.6 Å². The molecular weight excluding hydrogens is 250 g/mol. The molecule has 2 aromatic rings. The minimum atomic E-state index is 0.461. The van der Waals surface area contributed by atoms with Crippen molar-refractivity contribution < 1.29 is 0 Å². The maximum atomic E-state index is 4.55. The second-order valence-corrected chi connectivity index (χ2v) is 5.15. The van der Waals surface area contributed by atoms with Crippen LogP contribution in [-0.4, -0.2) is 25.8 Å². The van der Waals surface area contributed by atoms with E-state index in [1.165, 1.54) is 0 Å². The van der Waals surface area contributed by atoms with Crippen molar-refractivity contribution in [3.8, 4) is 5.69 Å². The third-order valence-electron chi connectivity index (χ3n) is 3.09. The fourth-order valence-corrected chi connectivity index (χ4v) is 1.99. The number of aromatic nitrogens is 4. The Hall–Kier alpha value is -1.75. The van der Waals surface area contributed by atoms with Crippen LogP contribution in [-0.2, 0) is 19.4 Å². The summed E-state index contributed by atoms with van der Waals surface area (Å²) in [6, 6.07) is 2.58. The number of pyridine rings is 1. The molecule has 0 aliphatic heterocycles. The summed E-state index contributed by atoms with van der Waals surface area (Å²) < 4.78 is 1.91. The molecule has 0 amide bonds. The second-order valence-electron chi connectivity index (χ2n) is 5.15. The third kappa shape index (κ3) is 3.42. The largest absolute Gasteiger partial charge is 0.310 e. The zero-order valence-corrected chi connectivity index (χ0v) is 12.7. The van der Waals surface area contributed by atoms with Crippen LogP contribution in [0.5, 0.6) is 0 Å². The summed E-state index contributed by atoms with van der Waals surface area (Å²) in [4.78, 5) is 8.86. The SMILES string of the molecule is CCc1nc(CC)n(-c2cncc(CNC(C)C)c2)n1. The fourth-order valence-electron chi connectivity index (χ4n) is 1.99. The lowest BCUT2D eigenvalue weighted by Crippen LogP contribution is -2.22. The molecule has 20 heavy (non-hydrogen) atoms. The summed E-state index contributed by atoms with van der Waals surface area (Å²) in [6.07, 6.45) is 5.44. The Morgan fingerprint density at radius 3 is 2.65 bits per heavy atom. The number of nitrogens with zero attached hydrogens (tertiary/aromatic N) is 4. The number of hydrogen-bond acceptors (Lipinski definition) is 4. The highest BCUT2D eigenvalue weighted by Crippen LogP contribution is 2.12. The quantitative estimate of drug-likeness (QED) is 0.877. The van der Waals surface area contributed by atoms with Gasteiger partial charge in [0.2, 0.25) is 0 Å². The van der Waals surface area contributed by atoms with Crippen molar-refractivity contribution >= 4 is 0 Å². The lowest BCUT2D eigenvalue weighted by atomic mass is 10.2. The predicted octanol–water partition coefficient (Wildman–Crippen LogP) is 2.29. The normalized spacial score (nSPS) is 11.2. The Morgan fingerprint density at radius 1 is 1.20 bits per heavy atom. The average Bonchev–Trinajstić information content (AvgIpc) is 2.89. The highest BCUT2D eigenvalue weighted by Gasteiger charge is 2.09. The topological polar surface area (TPSA) is 55.6 Å². The molecule has 0 fully saturated rings. The summed E-state index contributed by atoms with van der Waals surface area (Å²) in [5, 5.41) is 7.95. The summed E-state index contributed by atoms with van der Waals surface area (Å²) in [6.45, 7) is 9.25. The van der Waals surface area contributed by atoms with Crippen molar-refractivity contribution in [2.24, 2.45) is 0 Å². The molecule has 0 saturated heterocycles. The lowest BCUT2D eigenvalue weighted by Gasteiger charge is -2.09. The van der Waals surface area contributed by atoms with Gasteiger partial charge < -0.3 is 5.32 Å². The van der Waals surface area contributed by atoms with Crippen LogP contribution < -0.4 is 5.32 Å². The highest BCUT2D eigenvalue weighted by atomic mass is 15.4. The van der Waals surface area contributed by atoms with E-state index in [-0.39, 0.29) is 0 Å². The molecule has 1 N–H and O–H groups in total. The lowest BCUT2D eigenvalue weighted by molar-refractivity contribution is 0.587. The maximum absolute atomic E-state index is 4.55. The predicted molar refractivity (Wildman–Crippen MR) is 79.9 cm³/mol. The molecule has 0 radical (unpaired) electrons. The van der Waals surface area contributed by atoms with E-state index in [1.54, 1.807) is 0 Å². The van der Waals surface area contributed by atoms with Gasteiger partial charge in [0.1, 0.15) is 5.82 Å². The minimum absolute atomic E-state index is 0.461. The Kier molecular flexibility index (Phi) is 4.84. The smallest absolute Gasteiger partial charge is 0.151 e. The monoisotopic (exact) mass is 273 g/mol. The van der Waals surface area contributed by atoms with Crippen molar-refractivity contribution in [2.45, 2.75) is 53.1 Å². The van der Waals surface area contributed by atoms with Gasteiger partial charge in [-0.2, -0.15) is 5.10 Å². The molecule has 108 valence electrons. The van der Waals surface area contributed by atoms with Crippen LogP contribution in [0.25, 0.3) is 5.69 Å². The van der Waals surface area contributed by atoms with Gasteiger partial charge in [-0.3, -0.25) is 4.98 Å². The van der Waals surface area contributed by atoms with E-state index in [1.807, 2.05) is 17.1 Å². The van der Waals surface area contributed by atoms with Crippen LogP contribution in [0.3, 0.4) is 0 Å². The van der Waals surface area contributed by atoms with Crippen molar-refractivity contribution in [1.29, 1.82) is 0 Å². The molecule has 2 aromatic heterocycles. The van der Waals surface area contributed by atoms with Gasteiger partial charge in [-0.25, -0.2) is 9.67 Å². The molecule has 0 bridgehead atoms. The zero-order chi connectivity index (χ0) is 14.5. The van der Waals surface area contributed by atoms with Gasteiger partial charge >= 0.3 is 0 Å². The van der Waals surface area contributed by atoms with E-state index in [4.69, 9.17) is 0 Å². The molecule has 0 atom stereocenters. The Labute approximate surface area is 120 Å². The average molecular weight is 273 g/mol. The van der Waals surface area contributed by atoms with Gasteiger partial charge in [0.15, 0.2) is 5.82 Å². The van der Waals surface area contributed by atoms with E-state index < -0.39 is 0 Å². The van der Waals surface area contributed by atoms with Crippen LogP contribution >= 0.6 is 0 Å². The molecular formula is C15H23N5. The van der Waals surface area contributed by atoms with Crippen LogP contribution in [0.15, 0.2) is 18.5 Å². The molecule has 5 heteroatoms. The van der Waals surface area contributed by atoms with Gasteiger partial charge in [0.25, 0.3) is 0 Å². The van der Waals surface area contributed by atoms with Crippen molar-refractivity contribution in [3.63, 3.8) is 0 Å². The van der Waals surface area contributed by atoms with Crippen LogP contribution in [0.4, 0.5) is 0 Å². The van der Waals surface area contributed by atoms with Crippen LogP contribution in [0.1, 0.15) is 44.9 Å². The first-order valence-electron chi connectivity index (χ1n) is 7.26. The van der Waals surface area contributed by atoms with E-state index in [9.17, 15) is 0 Å². The summed E-state index contributed by atoms with van der Waals surface area (Å²) in [5.41, 5.74) is 2.14. The first-order chi connectivity index (χ1) is 9.63. The van der Waals surface area contributed by atoms with Crippen molar-refractivity contribution in [2.75, 3.05) is 0 Å². The van der Waals surface area contributed by atoms with Gasteiger partial charge in [0, 0.05) is 31.6 Å². The van der Waals surface area contributed by atoms with E-state index in [2.05, 4.69) is 54.1 Å². The molecule has 0 unspecified atom stereocenters. The summed E-state index contributed by atoms with van der Waals surface area (Å²) >= 11 is 0. The summed E-state index contributed by atoms with van der Waals surface area (Å²) in [5.74, 6) is 1.87. The Bertz CT molecular complexity index is 559. The molecule has 2 heterocycles. The Balaban J connectivity index is 2.28. The molecule has 0 aliphatic carbocycles. The molecule has 5 nitrogen and oxygen atoms in total. The van der Waals surface area contributed by atoms with Gasteiger partial charge in [0.05, 0.1) is 11.9 Å². The summed E-state index contributed by atoms with van der Waals surface area (Å²) in [7, 11) is 0. The highest BCUT2D eigenvalue weighted by molar-refractivity contribution is 5.32. The standard InChI is InChI=1S/C15H23N5/c1-5-14-18-15(6-2)20(19-14)13-7-12(8-16-10-13)9-17-11(3)4/h7-8,10-11,17H,5-6,9H2,1-4H3. The number of rotatable bonds is 6. The van der Waals surface area contributed by atoms with Crippen LogP contribution in [0.2, 0.25) is 0 Å². The first kappa shape index (κ1) is 14.7. The number of nitrogens with one attached hydrogen (secondary N) is 1. The fraction of sp³-hybridized carbons (Fsp3) is 0.533. The number of aryl methyl sites for hydroxylation is 2. The van der Waals surface area contributed by atoms with E-state index in [0.29, 0.717) is 6.04 Å². The van der Waals surface area contributed by atoms with Gasteiger partial charge in [-0.1, -0.05) is 27.7 Å². The number of hydrogen-bond donors (Lipinski definition) is 1. The van der Waals surface area contributed by atoms with Crippen molar-refractivity contribution in [3.05, 3.63) is 35.7 Å². The maximum Gasteiger partial charge on any atom is 0.151 e. The molecule has 0 aromatic carbocycles. The zero-order valence-electron chi connectivity index (χ0n) is 12.7. The second kappa shape index (κ2) is 6.61. The first-order valence-corrected chi connectivity index (χ1v) is 7.26.